The van der Waals surface area contributed by atoms with Crippen molar-refractivity contribution >= 4 is 17.6 Å². The van der Waals surface area contributed by atoms with Gasteiger partial charge in [0.15, 0.2) is 0 Å². The lowest BCUT2D eigenvalue weighted by Gasteiger charge is -2.14. The molecule has 0 aromatic heterocycles. The van der Waals surface area contributed by atoms with Crippen LogP contribution >= 0.6 is 0 Å². The molecule has 1 saturated carbocycles. The number of aliphatic carboxylic acids is 1. The molecule has 1 aliphatic rings. The molecule has 4 heteroatoms. The van der Waals surface area contributed by atoms with Crippen LogP contribution in [-0.4, -0.2) is 17.0 Å². The van der Waals surface area contributed by atoms with E-state index in [1.807, 2.05) is 32.9 Å². The first-order valence-electron chi connectivity index (χ1n) is 5.99. The van der Waals surface area contributed by atoms with Gasteiger partial charge in [-0.1, -0.05) is 6.07 Å². The summed E-state index contributed by atoms with van der Waals surface area (Å²) in [6.07, 6.45) is 0.857. The van der Waals surface area contributed by atoms with Crippen molar-refractivity contribution in [1.82, 2.24) is 0 Å². The number of rotatable bonds is 3. The molecule has 96 valence electrons. The molecule has 2 rings (SSSR count). The Bertz CT molecular complexity index is 530. The normalized spacial score (nSPS) is 16.2. The van der Waals surface area contributed by atoms with Gasteiger partial charge in [-0.2, -0.15) is 0 Å². The Balaban J connectivity index is 2.23. The highest BCUT2D eigenvalue weighted by Crippen LogP contribution is 2.46. The Kier molecular flexibility index (Phi) is 2.89. The number of hydrogen-bond acceptors (Lipinski definition) is 2. The van der Waals surface area contributed by atoms with Crippen LogP contribution in [0.3, 0.4) is 0 Å². The monoisotopic (exact) mass is 247 g/mol. The Hall–Kier alpha value is -1.84. The summed E-state index contributed by atoms with van der Waals surface area (Å²) in [5.74, 6) is -1.43. The highest BCUT2D eigenvalue weighted by molar-refractivity contribution is 6.11. The van der Waals surface area contributed by atoms with E-state index in [0.29, 0.717) is 18.5 Å². The van der Waals surface area contributed by atoms with Gasteiger partial charge >= 0.3 is 5.97 Å². The van der Waals surface area contributed by atoms with E-state index >= 15 is 0 Å². The second kappa shape index (κ2) is 4.12. The first kappa shape index (κ1) is 12.6. The number of benzene rings is 1. The van der Waals surface area contributed by atoms with E-state index < -0.39 is 17.3 Å². The molecule has 0 unspecified atom stereocenters. The number of aryl methyl sites for hydroxylation is 3. The van der Waals surface area contributed by atoms with Crippen LogP contribution in [0.2, 0.25) is 0 Å². The predicted molar refractivity (Wildman–Crippen MR) is 68.6 cm³/mol. The van der Waals surface area contributed by atoms with Gasteiger partial charge in [0, 0.05) is 5.69 Å². The summed E-state index contributed by atoms with van der Waals surface area (Å²) < 4.78 is 0. The van der Waals surface area contributed by atoms with Crippen molar-refractivity contribution < 1.29 is 14.7 Å². The fourth-order valence-electron chi connectivity index (χ4n) is 2.00. The standard InChI is InChI=1S/C14H17NO3/c1-8-6-10(3)11(7-9(8)2)15-12(16)14(4-5-14)13(17)18/h6-7H,4-5H2,1-3H3,(H,15,16)(H,17,18). The second-order valence-corrected chi connectivity index (χ2v) is 5.09. The highest BCUT2D eigenvalue weighted by atomic mass is 16.4. The molecule has 4 nitrogen and oxygen atoms in total. The van der Waals surface area contributed by atoms with Crippen molar-refractivity contribution in [2.45, 2.75) is 33.6 Å². The quantitative estimate of drug-likeness (QED) is 0.806. The smallest absolute Gasteiger partial charge is 0.319 e. The van der Waals surface area contributed by atoms with Gasteiger partial charge in [-0.05, 0) is 56.4 Å². The molecule has 0 aliphatic heterocycles. The molecule has 1 amide bonds. The Morgan fingerprint density at radius 2 is 1.67 bits per heavy atom. The van der Waals surface area contributed by atoms with E-state index in [9.17, 15) is 9.59 Å². The fourth-order valence-corrected chi connectivity index (χ4v) is 2.00. The SMILES string of the molecule is Cc1cc(C)c(NC(=O)C2(C(=O)O)CC2)cc1C. The minimum absolute atomic E-state index is 0.402. The van der Waals surface area contributed by atoms with Gasteiger partial charge in [-0.3, -0.25) is 9.59 Å². The number of carbonyl (C=O) groups excluding carboxylic acids is 1. The molecular formula is C14H17NO3. The Morgan fingerprint density at radius 1 is 1.11 bits per heavy atom. The topological polar surface area (TPSA) is 66.4 Å². The van der Waals surface area contributed by atoms with E-state index in [1.165, 1.54) is 0 Å². The van der Waals surface area contributed by atoms with Crippen LogP contribution in [-0.2, 0) is 9.59 Å². The molecule has 0 heterocycles. The minimum atomic E-state index is -1.19. The van der Waals surface area contributed by atoms with E-state index in [0.717, 1.165) is 16.7 Å². The molecule has 0 radical (unpaired) electrons. The third-order valence-corrected chi connectivity index (χ3v) is 3.68. The summed E-state index contributed by atoms with van der Waals surface area (Å²) in [5, 5.41) is 11.8. The zero-order valence-corrected chi connectivity index (χ0v) is 10.8. The van der Waals surface area contributed by atoms with Crippen LogP contribution in [0.4, 0.5) is 5.69 Å². The van der Waals surface area contributed by atoms with Crippen LogP contribution < -0.4 is 5.32 Å². The minimum Gasteiger partial charge on any atom is -0.480 e. The molecule has 0 saturated heterocycles. The number of hydrogen-bond donors (Lipinski definition) is 2. The fraction of sp³-hybridized carbons (Fsp3) is 0.429. The first-order chi connectivity index (χ1) is 8.36. The van der Waals surface area contributed by atoms with Crippen LogP contribution in [0.15, 0.2) is 12.1 Å². The summed E-state index contributed by atoms with van der Waals surface area (Å²) in [5.41, 5.74) is 2.70. The van der Waals surface area contributed by atoms with E-state index in [2.05, 4.69) is 5.32 Å². The van der Waals surface area contributed by atoms with Gasteiger partial charge in [-0.25, -0.2) is 0 Å². The molecule has 0 bridgehead atoms. The maximum atomic E-state index is 12.0. The van der Waals surface area contributed by atoms with E-state index in [4.69, 9.17) is 5.11 Å². The van der Waals surface area contributed by atoms with Crippen molar-refractivity contribution in [2.75, 3.05) is 5.32 Å². The molecule has 0 spiro atoms. The second-order valence-electron chi connectivity index (χ2n) is 5.09. The lowest BCUT2D eigenvalue weighted by atomic mass is 10.0. The zero-order valence-electron chi connectivity index (χ0n) is 10.8. The Morgan fingerprint density at radius 3 is 2.17 bits per heavy atom. The molecule has 0 atom stereocenters. The average molecular weight is 247 g/mol. The zero-order chi connectivity index (χ0) is 13.5. The summed E-state index contributed by atoms with van der Waals surface area (Å²) in [6, 6.07) is 3.88. The lowest BCUT2D eigenvalue weighted by Crippen LogP contribution is -2.31. The third kappa shape index (κ3) is 1.98. The number of carboxylic acid groups (broad SMARTS) is 1. The highest BCUT2D eigenvalue weighted by Gasteiger charge is 2.57. The molecular weight excluding hydrogens is 230 g/mol. The number of amides is 1. The van der Waals surface area contributed by atoms with Crippen LogP contribution in [0, 0.1) is 26.2 Å². The predicted octanol–water partition coefficient (Wildman–Crippen LogP) is 2.42. The number of anilines is 1. The molecule has 1 aromatic rings. The van der Waals surface area contributed by atoms with Crippen LogP contribution in [0.25, 0.3) is 0 Å². The lowest BCUT2D eigenvalue weighted by molar-refractivity contribution is -0.147. The molecule has 18 heavy (non-hydrogen) atoms. The average Bonchev–Trinajstić information content (AvgIpc) is 3.06. The summed E-state index contributed by atoms with van der Waals surface area (Å²) in [7, 11) is 0. The van der Waals surface area contributed by atoms with Crippen molar-refractivity contribution in [2.24, 2.45) is 5.41 Å². The van der Waals surface area contributed by atoms with Gasteiger partial charge < -0.3 is 10.4 Å². The summed E-state index contributed by atoms with van der Waals surface area (Å²) in [6.45, 7) is 5.88. The van der Waals surface area contributed by atoms with Gasteiger partial charge in [0.2, 0.25) is 5.91 Å². The molecule has 2 N–H and O–H groups in total. The Labute approximate surface area is 106 Å². The maximum absolute atomic E-state index is 12.0. The van der Waals surface area contributed by atoms with Gasteiger partial charge in [0.1, 0.15) is 5.41 Å². The maximum Gasteiger partial charge on any atom is 0.319 e. The van der Waals surface area contributed by atoms with E-state index in [-0.39, 0.29) is 0 Å². The molecule has 1 aromatic carbocycles. The van der Waals surface area contributed by atoms with E-state index in [1.54, 1.807) is 0 Å². The largest absolute Gasteiger partial charge is 0.480 e. The summed E-state index contributed by atoms with van der Waals surface area (Å²) >= 11 is 0. The van der Waals surface area contributed by atoms with Crippen LogP contribution in [0.5, 0.6) is 0 Å². The third-order valence-electron chi connectivity index (χ3n) is 3.68. The first-order valence-corrected chi connectivity index (χ1v) is 5.99. The number of carboxylic acids is 1. The number of nitrogens with one attached hydrogen (secondary N) is 1. The van der Waals surface area contributed by atoms with Gasteiger partial charge in [0.25, 0.3) is 0 Å². The van der Waals surface area contributed by atoms with Crippen molar-refractivity contribution in [3.63, 3.8) is 0 Å². The van der Waals surface area contributed by atoms with Gasteiger partial charge in [-0.15, -0.1) is 0 Å². The molecule has 1 fully saturated rings. The summed E-state index contributed by atoms with van der Waals surface area (Å²) in [4.78, 5) is 23.1. The van der Waals surface area contributed by atoms with Crippen molar-refractivity contribution in [1.29, 1.82) is 0 Å². The molecule has 1 aliphatic carbocycles. The number of carbonyl (C=O) groups is 2. The van der Waals surface area contributed by atoms with Gasteiger partial charge in [0.05, 0.1) is 0 Å². The van der Waals surface area contributed by atoms with Crippen LogP contribution in [0.1, 0.15) is 29.5 Å². The van der Waals surface area contributed by atoms with Crippen molar-refractivity contribution in [3.8, 4) is 0 Å². The van der Waals surface area contributed by atoms with Crippen molar-refractivity contribution in [3.05, 3.63) is 28.8 Å².